The van der Waals surface area contributed by atoms with Crippen LogP contribution in [-0.2, 0) is 5.41 Å². The predicted octanol–water partition coefficient (Wildman–Crippen LogP) is 9.48. The molecule has 0 saturated heterocycles. The third-order valence-corrected chi connectivity index (χ3v) is 10.1. The van der Waals surface area contributed by atoms with Gasteiger partial charge in [-0.1, -0.05) is 139 Å². The quantitative estimate of drug-likeness (QED) is 0.230. The molecule has 1 aliphatic carbocycles. The first-order valence-electron chi connectivity index (χ1n) is 14.4. The van der Waals surface area contributed by atoms with Gasteiger partial charge in [-0.2, -0.15) is 0 Å². The third kappa shape index (κ3) is 3.20. The Kier molecular flexibility index (Phi) is 5.14. The van der Waals surface area contributed by atoms with E-state index in [1.54, 1.807) is 0 Å². The number of aliphatic imine (C=N–C) groups is 1. The maximum Gasteiger partial charge on any atom is 0.145 e. The summed E-state index contributed by atoms with van der Waals surface area (Å²) in [5.74, 6) is 0. The summed E-state index contributed by atoms with van der Waals surface area (Å²) < 4.78 is 0. The molecule has 3 aliphatic rings. The van der Waals surface area contributed by atoms with E-state index in [0.29, 0.717) is 0 Å². The smallest absolute Gasteiger partial charge is 0.145 e. The van der Waals surface area contributed by atoms with Gasteiger partial charge in [-0.25, -0.2) is 0 Å². The zero-order valence-corrected chi connectivity index (χ0v) is 23.6. The Bertz CT molecular complexity index is 2010. The van der Waals surface area contributed by atoms with Crippen LogP contribution in [0.4, 0.5) is 5.69 Å². The molecule has 0 fully saturated rings. The molecule has 2 aliphatic heterocycles. The highest BCUT2D eigenvalue weighted by Crippen LogP contribution is 2.63. The van der Waals surface area contributed by atoms with Gasteiger partial charge in [0.15, 0.2) is 0 Å². The number of hydrogen-bond donors (Lipinski definition) is 1. The molecule has 2 heterocycles. The zero-order chi connectivity index (χ0) is 27.7. The zero-order valence-electron chi connectivity index (χ0n) is 22.8. The monoisotopic (exact) mass is 554 g/mol. The predicted molar refractivity (Wildman–Crippen MR) is 173 cm³/mol. The molecule has 9 rings (SSSR count). The number of rotatable bonds is 2. The highest BCUT2D eigenvalue weighted by Gasteiger charge is 2.51. The van der Waals surface area contributed by atoms with Crippen LogP contribution in [0.1, 0.15) is 45.1 Å². The van der Waals surface area contributed by atoms with Gasteiger partial charge in [0, 0.05) is 26.6 Å². The minimum Gasteiger partial charge on any atom is -0.360 e. The average molecular weight is 555 g/mol. The van der Waals surface area contributed by atoms with E-state index in [-0.39, 0.29) is 6.17 Å². The van der Waals surface area contributed by atoms with Crippen molar-refractivity contribution in [2.45, 2.75) is 21.4 Å². The molecule has 42 heavy (non-hydrogen) atoms. The van der Waals surface area contributed by atoms with E-state index < -0.39 is 5.41 Å². The molecule has 1 unspecified atom stereocenters. The molecule has 0 radical (unpaired) electrons. The Balaban J connectivity index is 1.41. The number of fused-ring (bicyclic) bond motifs is 10. The molecule has 0 saturated carbocycles. The maximum atomic E-state index is 5.49. The molecular weight excluding hydrogens is 529 g/mol. The van der Waals surface area contributed by atoms with Crippen molar-refractivity contribution in [1.29, 1.82) is 0 Å². The number of nitrogens with zero attached hydrogens (tertiary/aromatic N) is 1. The highest BCUT2D eigenvalue weighted by molar-refractivity contribution is 7.99. The van der Waals surface area contributed by atoms with Gasteiger partial charge in [0.2, 0.25) is 0 Å². The third-order valence-electron chi connectivity index (χ3n) is 8.97. The first kappa shape index (κ1) is 23.8. The second kappa shape index (κ2) is 9.07. The van der Waals surface area contributed by atoms with Crippen LogP contribution in [-0.4, -0.2) is 5.71 Å². The summed E-state index contributed by atoms with van der Waals surface area (Å²) in [6.07, 6.45) is -0.173. The number of anilines is 1. The van der Waals surface area contributed by atoms with Crippen molar-refractivity contribution in [3.63, 3.8) is 0 Å². The van der Waals surface area contributed by atoms with E-state index >= 15 is 0 Å². The molecular formula is C39H26N2S. The lowest BCUT2D eigenvalue weighted by Crippen LogP contribution is -2.34. The first-order valence-corrected chi connectivity index (χ1v) is 15.2. The van der Waals surface area contributed by atoms with Crippen LogP contribution in [0, 0.1) is 0 Å². The Morgan fingerprint density at radius 2 is 1.07 bits per heavy atom. The largest absolute Gasteiger partial charge is 0.360 e. The van der Waals surface area contributed by atoms with E-state index in [1.807, 2.05) is 11.8 Å². The van der Waals surface area contributed by atoms with Crippen LogP contribution in [0.5, 0.6) is 0 Å². The fraction of sp³-hybridized carbons (Fsp3) is 0.0513. The summed E-state index contributed by atoms with van der Waals surface area (Å²) in [4.78, 5) is 8.11. The lowest BCUT2D eigenvalue weighted by molar-refractivity contribution is 0.720. The van der Waals surface area contributed by atoms with Crippen molar-refractivity contribution in [3.8, 4) is 11.1 Å². The molecule has 0 aromatic heterocycles. The molecule has 2 nitrogen and oxygen atoms in total. The fourth-order valence-electron chi connectivity index (χ4n) is 7.31. The molecule has 1 atom stereocenters. The summed E-state index contributed by atoms with van der Waals surface area (Å²) in [5, 5.41) is 3.71. The van der Waals surface area contributed by atoms with E-state index in [9.17, 15) is 0 Å². The molecule has 6 aromatic carbocycles. The van der Waals surface area contributed by atoms with Gasteiger partial charge in [-0.05, 0) is 57.1 Å². The minimum atomic E-state index is -0.453. The van der Waals surface area contributed by atoms with Gasteiger partial charge in [0.25, 0.3) is 0 Å². The summed E-state index contributed by atoms with van der Waals surface area (Å²) in [6.45, 7) is 0. The SMILES string of the molecule is c1ccc(C2N=C(c3cccc4c3C3(c5ccccc5Sc5ccccc53)c3ccccc3-4)c3ccccc3N2)cc1. The highest BCUT2D eigenvalue weighted by atomic mass is 32.2. The van der Waals surface area contributed by atoms with Gasteiger partial charge < -0.3 is 5.32 Å². The molecule has 1 spiro atoms. The Hall–Kier alpha value is -4.86. The van der Waals surface area contributed by atoms with Gasteiger partial charge >= 0.3 is 0 Å². The van der Waals surface area contributed by atoms with Crippen LogP contribution >= 0.6 is 11.8 Å². The van der Waals surface area contributed by atoms with Crippen molar-refractivity contribution in [2.75, 3.05) is 5.32 Å². The van der Waals surface area contributed by atoms with Crippen molar-refractivity contribution >= 4 is 23.2 Å². The summed E-state index contributed by atoms with van der Waals surface area (Å²) >= 11 is 1.88. The van der Waals surface area contributed by atoms with Crippen LogP contribution < -0.4 is 5.32 Å². The Morgan fingerprint density at radius 3 is 1.83 bits per heavy atom. The standard InChI is InChI=1S/C39H26N2S/c1-2-13-25(14-3-1)38-40-33-22-9-5-16-28(33)37(41-38)29-18-12-17-27-26-15-4-6-19-30(26)39(36(27)29)31-20-7-10-23-34(31)42-35-24-11-8-21-32(35)39/h1-24,38,40H. The lowest BCUT2D eigenvalue weighted by Gasteiger charge is -2.41. The van der Waals surface area contributed by atoms with Crippen molar-refractivity contribution in [2.24, 2.45) is 4.99 Å². The maximum absolute atomic E-state index is 5.49. The van der Waals surface area contributed by atoms with Crippen LogP contribution in [0.2, 0.25) is 0 Å². The fourth-order valence-corrected chi connectivity index (χ4v) is 8.51. The normalized spacial score (nSPS) is 16.8. The molecule has 198 valence electrons. The van der Waals surface area contributed by atoms with Crippen LogP contribution in [0.25, 0.3) is 11.1 Å². The van der Waals surface area contributed by atoms with Gasteiger partial charge in [0.1, 0.15) is 6.17 Å². The van der Waals surface area contributed by atoms with Gasteiger partial charge in [-0.3, -0.25) is 4.99 Å². The van der Waals surface area contributed by atoms with Gasteiger partial charge in [-0.15, -0.1) is 0 Å². The van der Waals surface area contributed by atoms with Crippen LogP contribution in [0.3, 0.4) is 0 Å². The molecule has 0 bridgehead atoms. The first-order chi connectivity index (χ1) is 20.8. The Labute approximate surface area is 249 Å². The van der Waals surface area contributed by atoms with Crippen molar-refractivity contribution in [1.82, 2.24) is 0 Å². The number of hydrogen-bond acceptors (Lipinski definition) is 3. The number of nitrogens with one attached hydrogen (secondary N) is 1. The second-order valence-electron chi connectivity index (χ2n) is 11.1. The number of para-hydroxylation sites is 1. The van der Waals surface area contributed by atoms with Gasteiger partial charge in [0.05, 0.1) is 11.1 Å². The summed E-state index contributed by atoms with van der Waals surface area (Å²) in [5.41, 5.74) is 13.1. The van der Waals surface area contributed by atoms with E-state index in [1.165, 1.54) is 48.7 Å². The summed E-state index contributed by atoms with van der Waals surface area (Å²) in [6, 6.07) is 52.9. The van der Waals surface area contributed by atoms with E-state index in [2.05, 4.69) is 151 Å². The lowest BCUT2D eigenvalue weighted by atomic mass is 9.65. The molecule has 0 amide bonds. The number of benzene rings is 6. The van der Waals surface area contributed by atoms with Crippen LogP contribution in [0.15, 0.2) is 160 Å². The molecule has 3 heteroatoms. The summed E-state index contributed by atoms with van der Waals surface area (Å²) in [7, 11) is 0. The topological polar surface area (TPSA) is 24.4 Å². The minimum absolute atomic E-state index is 0.173. The molecule has 1 N–H and O–H groups in total. The van der Waals surface area contributed by atoms with Crippen molar-refractivity contribution < 1.29 is 0 Å². The Morgan fingerprint density at radius 1 is 0.500 bits per heavy atom. The molecule has 6 aromatic rings. The van der Waals surface area contributed by atoms with Crippen molar-refractivity contribution in [3.05, 3.63) is 185 Å². The van der Waals surface area contributed by atoms with E-state index in [4.69, 9.17) is 4.99 Å². The average Bonchev–Trinajstić information content (AvgIpc) is 3.36. The van der Waals surface area contributed by atoms with E-state index in [0.717, 1.165) is 22.5 Å². The second-order valence-corrected chi connectivity index (χ2v) is 12.2.